The Labute approximate surface area is 143 Å². The topological polar surface area (TPSA) is 104 Å². The molecule has 0 saturated heterocycles. The van der Waals surface area contributed by atoms with Gasteiger partial charge in [0, 0.05) is 17.6 Å². The monoisotopic (exact) mass is 333 g/mol. The third-order valence-corrected chi connectivity index (χ3v) is 3.79. The Morgan fingerprint density at radius 2 is 2.04 bits per heavy atom. The molecule has 124 valence electrons. The maximum Gasteiger partial charge on any atom is 0.161 e. The van der Waals surface area contributed by atoms with E-state index < -0.39 is 0 Å². The van der Waals surface area contributed by atoms with E-state index in [4.69, 9.17) is 10.5 Å². The van der Waals surface area contributed by atoms with Crippen molar-refractivity contribution in [1.29, 1.82) is 0 Å². The molecule has 0 spiro atoms. The van der Waals surface area contributed by atoms with Gasteiger partial charge < -0.3 is 10.5 Å². The normalized spacial score (nSPS) is 10.8. The summed E-state index contributed by atoms with van der Waals surface area (Å²) < 4.78 is 5.28. The van der Waals surface area contributed by atoms with Crippen molar-refractivity contribution in [2.75, 3.05) is 18.3 Å². The quantitative estimate of drug-likeness (QED) is 0.591. The Bertz CT molecular complexity index is 1030. The number of methoxy groups -OCH3 is 1. The molecule has 25 heavy (non-hydrogen) atoms. The van der Waals surface area contributed by atoms with Crippen LogP contribution in [0.3, 0.4) is 0 Å². The Kier molecular flexibility index (Phi) is 3.62. The zero-order valence-corrected chi connectivity index (χ0v) is 13.4. The van der Waals surface area contributed by atoms with Crippen molar-refractivity contribution >= 4 is 22.5 Å². The van der Waals surface area contributed by atoms with Gasteiger partial charge in [0.15, 0.2) is 5.82 Å². The van der Waals surface area contributed by atoms with Gasteiger partial charge in [-0.05, 0) is 24.3 Å². The predicted molar refractivity (Wildman–Crippen MR) is 95.0 cm³/mol. The molecule has 0 fully saturated rings. The Morgan fingerprint density at radius 3 is 2.84 bits per heavy atom. The summed E-state index contributed by atoms with van der Waals surface area (Å²) in [5, 5.41) is 5.33. The molecule has 1 aromatic carbocycles. The lowest BCUT2D eigenvalue weighted by Crippen LogP contribution is -2.14. The van der Waals surface area contributed by atoms with Crippen molar-refractivity contribution in [1.82, 2.24) is 24.8 Å². The third-order valence-electron chi connectivity index (χ3n) is 3.79. The molecule has 8 heteroatoms. The fourth-order valence-corrected chi connectivity index (χ4v) is 2.56. The van der Waals surface area contributed by atoms with Crippen molar-refractivity contribution in [2.24, 2.45) is 0 Å². The fraction of sp³-hybridized carbons (Fsp3) is 0.0588. The first-order valence-corrected chi connectivity index (χ1v) is 7.57. The summed E-state index contributed by atoms with van der Waals surface area (Å²) >= 11 is 0. The third kappa shape index (κ3) is 2.69. The number of ether oxygens (including phenoxy) is 1. The molecule has 0 aliphatic heterocycles. The second kappa shape index (κ2) is 6.08. The van der Waals surface area contributed by atoms with E-state index in [1.54, 1.807) is 24.3 Å². The molecular weight excluding hydrogens is 318 g/mol. The first-order valence-electron chi connectivity index (χ1n) is 7.57. The number of pyridine rings is 1. The van der Waals surface area contributed by atoms with Gasteiger partial charge in [0.2, 0.25) is 0 Å². The molecule has 0 unspecified atom stereocenters. The largest absolute Gasteiger partial charge is 0.497 e. The molecule has 0 aliphatic rings. The van der Waals surface area contributed by atoms with Crippen molar-refractivity contribution in [3.05, 3.63) is 55.1 Å². The standard InChI is InChI=1S/C17H15N7O/c1-25-12-6-5-11-9-22-24(14(11)8-12)23-17-15(16(18)20-10-21-17)13-4-2-3-7-19-13/h2-10H,1H3,(H3,18,20,21,23). The second-order valence-corrected chi connectivity index (χ2v) is 5.29. The average Bonchev–Trinajstić information content (AvgIpc) is 3.04. The number of nitrogen functional groups attached to an aromatic ring is 1. The number of hydrogen-bond acceptors (Lipinski definition) is 7. The summed E-state index contributed by atoms with van der Waals surface area (Å²) in [4.78, 5) is 14.3. The molecule has 4 aromatic rings. The first kappa shape index (κ1) is 14.9. The van der Waals surface area contributed by atoms with Crippen LogP contribution in [0.5, 0.6) is 5.75 Å². The molecule has 8 nitrogen and oxygen atoms in total. The molecule has 4 rings (SSSR count). The summed E-state index contributed by atoms with van der Waals surface area (Å²) in [5.74, 6) is 1.59. The number of nitrogens with zero attached hydrogens (tertiary/aromatic N) is 5. The summed E-state index contributed by atoms with van der Waals surface area (Å²) in [6.45, 7) is 0. The molecule has 0 amide bonds. The summed E-state index contributed by atoms with van der Waals surface area (Å²) in [6.07, 6.45) is 4.85. The summed E-state index contributed by atoms with van der Waals surface area (Å²) in [5.41, 5.74) is 11.4. The van der Waals surface area contributed by atoms with Gasteiger partial charge in [-0.2, -0.15) is 9.89 Å². The van der Waals surface area contributed by atoms with Gasteiger partial charge in [0.25, 0.3) is 0 Å². The lowest BCUT2D eigenvalue weighted by molar-refractivity contribution is 0.415. The molecule has 0 bridgehead atoms. The molecule has 3 N–H and O–H groups in total. The number of nitrogens with one attached hydrogen (secondary N) is 1. The van der Waals surface area contributed by atoms with E-state index in [2.05, 4.69) is 25.5 Å². The smallest absolute Gasteiger partial charge is 0.161 e. The molecule has 0 radical (unpaired) electrons. The summed E-state index contributed by atoms with van der Waals surface area (Å²) in [7, 11) is 1.62. The number of benzene rings is 1. The first-order chi connectivity index (χ1) is 12.3. The van der Waals surface area contributed by atoms with Crippen molar-refractivity contribution < 1.29 is 4.74 Å². The Balaban J connectivity index is 1.81. The van der Waals surface area contributed by atoms with E-state index in [0.717, 1.165) is 16.7 Å². The van der Waals surface area contributed by atoms with E-state index in [-0.39, 0.29) is 0 Å². The predicted octanol–water partition coefficient (Wildman–Crippen LogP) is 2.35. The van der Waals surface area contributed by atoms with Gasteiger partial charge in [0.1, 0.15) is 17.9 Å². The van der Waals surface area contributed by atoms with E-state index in [1.807, 2.05) is 36.4 Å². The van der Waals surface area contributed by atoms with Gasteiger partial charge in [-0.1, -0.05) is 6.07 Å². The molecule has 0 aliphatic carbocycles. The van der Waals surface area contributed by atoms with Crippen LogP contribution in [0.25, 0.3) is 22.2 Å². The number of hydrogen-bond donors (Lipinski definition) is 2. The molecule has 3 aromatic heterocycles. The van der Waals surface area contributed by atoms with Crippen LogP contribution in [0.4, 0.5) is 11.6 Å². The fourth-order valence-electron chi connectivity index (χ4n) is 2.56. The summed E-state index contributed by atoms with van der Waals surface area (Å²) in [6, 6.07) is 11.3. The Morgan fingerprint density at radius 1 is 1.12 bits per heavy atom. The minimum Gasteiger partial charge on any atom is -0.497 e. The zero-order valence-electron chi connectivity index (χ0n) is 13.4. The minimum atomic E-state index is 0.338. The molecular formula is C17H15N7O. The van der Waals surface area contributed by atoms with Gasteiger partial charge in [-0.25, -0.2) is 9.97 Å². The number of fused-ring (bicyclic) bond motifs is 1. The SMILES string of the molecule is COc1ccc2cnn(Nc3ncnc(N)c3-c3ccccn3)c2c1. The zero-order chi connectivity index (χ0) is 17.2. The number of nitrogens with two attached hydrogens (primary N) is 1. The number of anilines is 2. The molecule has 3 heterocycles. The van der Waals surface area contributed by atoms with Crippen LogP contribution in [0.15, 0.2) is 55.1 Å². The van der Waals surface area contributed by atoms with Crippen molar-refractivity contribution in [3.8, 4) is 17.0 Å². The highest BCUT2D eigenvalue weighted by atomic mass is 16.5. The highest BCUT2D eigenvalue weighted by molar-refractivity contribution is 5.83. The van der Waals surface area contributed by atoms with Gasteiger partial charge in [0.05, 0.1) is 30.1 Å². The van der Waals surface area contributed by atoms with Gasteiger partial charge >= 0.3 is 0 Å². The minimum absolute atomic E-state index is 0.338. The highest BCUT2D eigenvalue weighted by Gasteiger charge is 2.14. The van der Waals surface area contributed by atoms with Crippen molar-refractivity contribution in [2.45, 2.75) is 0 Å². The lowest BCUT2D eigenvalue weighted by atomic mass is 10.2. The van der Waals surface area contributed by atoms with E-state index in [0.29, 0.717) is 22.9 Å². The highest BCUT2D eigenvalue weighted by Crippen LogP contribution is 2.29. The Hall–Kier alpha value is -3.68. The van der Waals surface area contributed by atoms with Crippen LogP contribution in [-0.2, 0) is 0 Å². The van der Waals surface area contributed by atoms with Gasteiger partial charge in [-0.3, -0.25) is 10.4 Å². The van der Waals surface area contributed by atoms with Crippen LogP contribution in [0, 0.1) is 0 Å². The van der Waals surface area contributed by atoms with E-state index in [9.17, 15) is 0 Å². The van der Waals surface area contributed by atoms with Crippen LogP contribution in [0.2, 0.25) is 0 Å². The maximum atomic E-state index is 6.06. The number of rotatable bonds is 4. The number of aromatic nitrogens is 5. The lowest BCUT2D eigenvalue weighted by Gasteiger charge is -2.12. The van der Waals surface area contributed by atoms with Crippen LogP contribution in [0.1, 0.15) is 0 Å². The van der Waals surface area contributed by atoms with Crippen molar-refractivity contribution in [3.63, 3.8) is 0 Å². The van der Waals surface area contributed by atoms with E-state index in [1.165, 1.54) is 6.33 Å². The second-order valence-electron chi connectivity index (χ2n) is 5.29. The molecule has 0 saturated carbocycles. The van der Waals surface area contributed by atoms with Crippen LogP contribution in [-0.4, -0.2) is 32.0 Å². The van der Waals surface area contributed by atoms with Crippen LogP contribution >= 0.6 is 0 Å². The van der Waals surface area contributed by atoms with Gasteiger partial charge in [-0.15, -0.1) is 0 Å². The van der Waals surface area contributed by atoms with Crippen LogP contribution < -0.4 is 15.9 Å². The molecule has 0 atom stereocenters. The average molecular weight is 333 g/mol. The maximum absolute atomic E-state index is 6.06. The van der Waals surface area contributed by atoms with E-state index >= 15 is 0 Å².